The second-order valence-electron chi connectivity index (χ2n) is 20.4. The molecule has 7 unspecified atom stereocenters. The summed E-state index contributed by atoms with van der Waals surface area (Å²) in [7, 11) is 0. The molecule has 9 nitrogen and oxygen atoms in total. The van der Waals surface area contributed by atoms with Crippen molar-refractivity contribution in [2.45, 2.75) is 307 Å². The quantitative estimate of drug-likeness (QED) is 0.0261. The fraction of sp³-hybridized carbons (Fsp3) is 0.820. The van der Waals surface area contributed by atoms with Gasteiger partial charge in [-0.2, -0.15) is 0 Å². The van der Waals surface area contributed by atoms with E-state index in [0.29, 0.717) is 6.42 Å². The minimum atomic E-state index is -1.58. The summed E-state index contributed by atoms with van der Waals surface area (Å²) in [5, 5.41) is 54.5. The van der Waals surface area contributed by atoms with Gasteiger partial charge < -0.3 is 40.3 Å². The molecule has 0 bridgehead atoms. The molecule has 6 N–H and O–H groups in total. The zero-order chi connectivity index (χ0) is 50.8. The van der Waals surface area contributed by atoms with E-state index in [1.54, 1.807) is 6.08 Å². The maximum atomic E-state index is 13.0. The van der Waals surface area contributed by atoms with Crippen molar-refractivity contribution in [3.05, 3.63) is 60.8 Å². The van der Waals surface area contributed by atoms with Gasteiger partial charge in [0.1, 0.15) is 24.4 Å². The standard InChI is InChI=1S/C61H111NO8/c1-3-5-7-9-11-13-15-17-19-21-22-23-24-25-26-27-28-29-30-31-32-33-35-36-38-40-42-44-46-48-50-55(64)54(53-69-61-60(68)59(67)58(66)56(52-63)70-61)62-57(65)51-49-47-45-43-41-39-37-34-20-18-16-14-12-10-8-6-4-2/h12,14,18,20,33,35,40,42,48,50,54-56,58-61,63-64,66-68H,3-11,13,15-17,19,21-32,34,36-39,41,43-47,49,51-53H2,1-2H3,(H,62,65)/b14-12-,20-18-,35-33+,42-40+,50-48+. The summed E-state index contributed by atoms with van der Waals surface area (Å²) in [4.78, 5) is 13.0. The molecule has 0 saturated carbocycles. The Labute approximate surface area is 430 Å². The van der Waals surface area contributed by atoms with Gasteiger partial charge >= 0.3 is 0 Å². The van der Waals surface area contributed by atoms with E-state index >= 15 is 0 Å². The normalized spacial score (nSPS) is 19.8. The van der Waals surface area contributed by atoms with Gasteiger partial charge in [-0.25, -0.2) is 0 Å². The lowest BCUT2D eigenvalue weighted by Gasteiger charge is -2.40. The molecule has 1 aliphatic heterocycles. The third-order valence-corrected chi connectivity index (χ3v) is 13.8. The molecule has 70 heavy (non-hydrogen) atoms. The molecule has 0 aliphatic carbocycles. The molecule has 408 valence electrons. The molecule has 1 rings (SSSR count). The number of rotatable bonds is 50. The number of unbranched alkanes of at least 4 members (excludes halogenated alkanes) is 32. The Hall–Kier alpha value is -2.11. The number of carbonyl (C=O) groups is 1. The third-order valence-electron chi connectivity index (χ3n) is 13.8. The van der Waals surface area contributed by atoms with E-state index in [9.17, 15) is 30.3 Å². The maximum Gasteiger partial charge on any atom is 0.220 e. The van der Waals surface area contributed by atoms with Gasteiger partial charge in [0.15, 0.2) is 6.29 Å². The van der Waals surface area contributed by atoms with Crippen molar-refractivity contribution in [1.29, 1.82) is 0 Å². The van der Waals surface area contributed by atoms with Crippen molar-refractivity contribution in [1.82, 2.24) is 5.32 Å². The molecule has 0 radical (unpaired) electrons. The molecule has 9 heteroatoms. The number of carbonyl (C=O) groups excluding carboxylic acids is 1. The lowest BCUT2D eigenvalue weighted by Crippen LogP contribution is -2.60. The highest BCUT2D eigenvalue weighted by Gasteiger charge is 2.44. The monoisotopic (exact) mass is 986 g/mol. The smallest absolute Gasteiger partial charge is 0.220 e. The van der Waals surface area contributed by atoms with Crippen LogP contribution in [0.1, 0.15) is 264 Å². The predicted molar refractivity (Wildman–Crippen MR) is 295 cm³/mol. The first-order valence-corrected chi connectivity index (χ1v) is 29.5. The van der Waals surface area contributed by atoms with Crippen LogP contribution >= 0.6 is 0 Å². The second-order valence-corrected chi connectivity index (χ2v) is 20.4. The van der Waals surface area contributed by atoms with Crippen LogP contribution in [0.25, 0.3) is 0 Å². The van der Waals surface area contributed by atoms with Gasteiger partial charge in [-0.05, 0) is 77.0 Å². The highest BCUT2D eigenvalue weighted by atomic mass is 16.7. The van der Waals surface area contributed by atoms with E-state index in [4.69, 9.17) is 9.47 Å². The van der Waals surface area contributed by atoms with E-state index in [1.165, 1.54) is 180 Å². The van der Waals surface area contributed by atoms with Gasteiger partial charge in [0, 0.05) is 6.42 Å². The highest BCUT2D eigenvalue weighted by Crippen LogP contribution is 2.23. The third kappa shape index (κ3) is 39.4. The number of amides is 1. The van der Waals surface area contributed by atoms with Gasteiger partial charge in [-0.3, -0.25) is 4.79 Å². The number of allylic oxidation sites excluding steroid dienone is 9. The Morgan fingerprint density at radius 2 is 0.857 bits per heavy atom. The second kappa shape index (κ2) is 50.4. The Balaban J connectivity index is 2.23. The van der Waals surface area contributed by atoms with Crippen LogP contribution in [0.4, 0.5) is 0 Å². The van der Waals surface area contributed by atoms with Gasteiger partial charge in [-0.15, -0.1) is 0 Å². The zero-order valence-electron chi connectivity index (χ0n) is 45.3. The first kappa shape index (κ1) is 65.9. The average Bonchev–Trinajstić information content (AvgIpc) is 3.36. The molecule has 1 aliphatic rings. The molecule has 1 saturated heterocycles. The predicted octanol–water partition coefficient (Wildman–Crippen LogP) is 14.7. The summed E-state index contributed by atoms with van der Waals surface area (Å²) in [6.07, 6.45) is 61.6. The molecular weight excluding hydrogens is 875 g/mol. The van der Waals surface area contributed by atoms with Crippen molar-refractivity contribution in [3.8, 4) is 0 Å². The van der Waals surface area contributed by atoms with E-state index in [-0.39, 0.29) is 12.5 Å². The molecule has 0 aromatic carbocycles. The number of nitrogens with one attached hydrogen (secondary N) is 1. The van der Waals surface area contributed by atoms with Crippen LogP contribution < -0.4 is 5.32 Å². The molecule has 1 amide bonds. The van der Waals surface area contributed by atoms with Gasteiger partial charge in [0.2, 0.25) is 5.91 Å². The van der Waals surface area contributed by atoms with Crippen LogP contribution in [-0.2, 0) is 14.3 Å². The summed E-state index contributed by atoms with van der Waals surface area (Å²) < 4.78 is 11.2. The Kier molecular flexibility index (Phi) is 47.5. The molecular formula is C61H111NO8. The fourth-order valence-electron chi connectivity index (χ4n) is 9.10. The largest absolute Gasteiger partial charge is 0.394 e. The highest BCUT2D eigenvalue weighted by molar-refractivity contribution is 5.76. The van der Waals surface area contributed by atoms with Gasteiger partial charge in [-0.1, -0.05) is 242 Å². The molecule has 0 aromatic heterocycles. The van der Waals surface area contributed by atoms with Gasteiger partial charge in [0.05, 0.1) is 25.4 Å². The number of hydrogen-bond donors (Lipinski definition) is 6. The minimum absolute atomic E-state index is 0.199. The molecule has 0 spiro atoms. The molecule has 0 aromatic rings. The Morgan fingerprint density at radius 1 is 0.486 bits per heavy atom. The van der Waals surface area contributed by atoms with Crippen LogP contribution in [0.5, 0.6) is 0 Å². The van der Waals surface area contributed by atoms with Crippen LogP contribution in [-0.4, -0.2) is 87.5 Å². The summed E-state index contributed by atoms with van der Waals surface area (Å²) in [5.41, 5.74) is 0. The molecule has 1 heterocycles. The van der Waals surface area contributed by atoms with E-state index in [2.05, 4.69) is 67.8 Å². The van der Waals surface area contributed by atoms with Crippen molar-refractivity contribution < 1.29 is 39.8 Å². The fourth-order valence-corrected chi connectivity index (χ4v) is 9.10. The van der Waals surface area contributed by atoms with E-state index < -0.39 is 49.5 Å². The van der Waals surface area contributed by atoms with Crippen LogP contribution in [0, 0.1) is 0 Å². The topological polar surface area (TPSA) is 149 Å². The Morgan fingerprint density at radius 3 is 1.31 bits per heavy atom. The summed E-state index contributed by atoms with van der Waals surface area (Å²) in [6, 6.07) is -0.835. The lowest BCUT2D eigenvalue weighted by atomic mass is 9.99. The first-order chi connectivity index (χ1) is 34.3. The minimum Gasteiger partial charge on any atom is -0.394 e. The van der Waals surface area contributed by atoms with E-state index in [1.807, 2.05) is 6.08 Å². The van der Waals surface area contributed by atoms with Crippen LogP contribution in [0.2, 0.25) is 0 Å². The first-order valence-electron chi connectivity index (χ1n) is 29.5. The molecule has 1 fully saturated rings. The number of aliphatic hydroxyl groups is 5. The van der Waals surface area contributed by atoms with Gasteiger partial charge in [0.25, 0.3) is 0 Å². The summed E-state index contributed by atoms with van der Waals surface area (Å²) in [5.74, 6) is -0.199. The van der Waals surface area contributed by atoms with Crippen molar-refractivity contribution in [3.63, 3.8) is 0 Å². The zero-order valence-corrected chi connectivity index (χ0v) is 45.3. The lowest BCUT2D eigenvalue weighted by molar-refractivity contribution is -0.302. The number of aliphatic hydroxyl groups excluding tert-OH is 5. The molecule has 7 atom stereocenters. The van der Waals surface area contributed by atoms with E-state index in [0.717, 1.165) is 64.2 Å². The van der Waals surface area contributed by atoms with Crippen molar-refractivity contribution in [2.75, 3.05) is 13.2 Å². The SMILES string of the molecule is CCCCC/C=C\C/C=C\CCCCCCCCCC(=O)NC(COC1OC(CO)C(O)C(O)C1O)C(O)/C=C/CC/C=C/CC/C=C/CCCCCCCCCCCCCCCCCCCCCC. The average molecular weight is 987 g/mol. The van der Waals surface area contributed by atoms with Crippen molar-refractivity contribution >= 4 is 5.91 Å². The van der Waals surface area contributed by atoms with Crippen molar-refractivity contribution in [2.24, 2.45) is 0 Å². The number of hydrogen-bond acceptors (Lipinski definition) is 8. The van der Waals surface area contributed by atoms with Crippen LogP contribution in [0.3, 0.4) is 0 Å². The van der Waals surface area contributed by atoms with Crippen LogP contribution in [0.15, 0.2) is 60.8 Å². The Bertz CT molecular complexity index is 1280. The number of ether oxygens (including phenoxy) is 2. The maximum absolute atomic E-state index is 13.0. The summed E-state index contributed by atoms with van der Waals surface area (Å²) >= 11 is 0. The summed E-state index contributed by atoms with van der Waals surface area (Å²) in [6.45, 7) is 3.74.